The van der Waals surface area contributed by atoms with Crippen LogP contribution in [0.25, 0.3) is 21.7 Å². The van der Waals surface area contributed by atoms with Crippen molar-refractivity contribution in [3.8, 4) is 16.8 Å². The van der Waals surface area contributed by atoms with Gasteiger partial charge in [-0.3, -0.25) is 4.79 Å². The summed E-state index contributed by atoms with van der Waals surface area (Å²) in [6.45, 7) is 0. The van der Waals surface area contributed by atoms with Gasteiger partial charge in [0.2, 0.25) is 5.91 Å². The Morgan fingerprint density at radius 1 is 1.21 bits per heavy atom. The number of hydrogen-bond acceptors (Lipinski definition) is 5. The normalized spacial score (nSPS) is 10.7. The molecule has 4 rings (SSSR count). The summed E-state index contributed by atoms with van der Waals surface area (Å²) in [4.78, 5) is 21.2. The summed E-state index contributed by atoms with van der Waals surface area (Å²) < 4.78 is 0. The summed E-state index contributed by atoms with van der Waals surface area (Å²) in [5, 5.41) is 13.8. The zero-order valence-electron chi connectivity index (χ0n) is 14.8. The Morgan fingerprint density at radius 3 is 2.82 bits per heavy atom. The number of rotatable bonds is 6. The van der Waals surface area contributed by atoms with Crippen LogP contribution in [0.3, 0.4) is 0 Å². The number of hydrogen-bond donors (Lipinski definition) is 2. The predicted octanol–water partition coefficient (Wildman–Crippen LogP) is 5.03. The Bertz CT molecular complexity index is 1140. The van der Waals surface area contributed by atoms with E-state index >= 15 is 0 Å². The highest BCUT2D eigenvalue weighted by Crippen LogP contribution is 2.26. The van der Waals surface area contributed by atoms with Gasteiger partial charge in [-0.25, -0.2) is 4.98 Å². The largest absolute Gasteiger partial charge is 0.337 e. The van der Waals surface area contributed by atoms with E-state index < -0.39 is 0 Å². The summed E-state index contributed by atoms with van der Waals surface area (Å²) in [5.41, 5.74) is 4.25. The molecule has 0 saturated carbocycles. The van der Waals surface area contributed by atoms with Gasteiger partial charge in [0, 0.05) is 11.4 Å². The molecule has 5 nitrogen and oxygen atoms in total. The maximum absolute atomic E-state index is 12.2. The Hall–Kier alpha value is -3.08. The first kappa shape index (κ1) is 18.3. The molecule has 4 aromatic rings. The lowest BCUT2D eigenvalue weighted by atomic mass is 10.2. The van der Waals surface area contributed by atoms with Crippen molar-refractivity contribution in [3.05, 3.63) is 71.1 Å². The second kappa shape index (κ2) is 8.30. The minimum Gasteiger partial charge on any atom is -0.337 e. The SMILES string of the molecule is N#Cc1ccc(CSCC(=O)Nc2ccc3nc(-c4cccs4)[nH]c3c2)cc1. The van der Waals surface area contributed by atoms with E-state index in [1.54, 1.807) is 23.5 Å². The van der Waals surface area contributed by atoms with Gasteiger partial charge in [0.05, 0.1) is 33.3 Å². The van der Waals surface area contributed by atoms with Crippen LogP contribution in [0.4, 0.5) is 5.69 Å². The fourth-order valence-corrected chi connectivity index (χ4v) is 4.21. The van der Waals surface area contributed by atoms with Gasteiger partial charge in [0.1, 0.15) is 5.82 Å². The summed E-state index contributed by atoms with van der Waals surface area (Å²) in [5.74, 6) is 1.88. The van der Waals surface area contributed by atoms with Crippen molar-refractivity contribution in [1.82, 2.24) is 9.97 Å². The molecule has 0 saturated heterocycles. The average Bonchev–Trinajstić information content (AvgIpc) is 3.38. The molecule has 2 N–H and O–H groups in total. The average molecular weight is 405 g/mol. The lowest BCUT2D eigenvalue weighted by molar-refractivity contribution is -0.113. The number of aromatic amines is 1. The van der Waals surface area contributed by atoms with E-state index in [0.717, 1.165) is 38.7 Å². The first-order chi connectivity index (χ1) is 13.7. The Kier molecular flexibility index (Phi) is 5.42. The summed E-state index contributed by atoms with van der Waals surface area (Å²) >= 11 is 3.17. The van der Waals surface area contributed by atoms with Crippen LogP contribution in [0.1, 0.15) is 11.1 Å². The molecular formula is C21H16N4OS2. The molecular weight excluding hydrogens is 388 g/mol. The van der Waals surface area contributed by atoms with E-state index in [1.165, 1.54) is 11.8 Å². The zero-order valence-corrected chi connectivity index (χ0v) is 16.4. The third-order valence-corrected chi connectivity index (χ3v) is 5.99. The number of H-pyrrole nitrogens is 1. The Morgan fingerprint density at radius 2 is 2.07 bits per heavy atom. The molecule has 0 aliphatic carbocycles. The van der Waals surface area contributed by atoms with Crippen molar-refractivity contribution >= 4 is 45.7 Å². The molecule has 0 spiro atoms. The zero-order chi connectivity index (χ0) is 19.3. The van der Waals surface area contributed by atoms with Crippen LogP contribution in [0.5, 0.6) is 0 Å². The summed E-state index contributed by atoms with van der Waals surface area (Å²) in [6, 6.07) is 19.2. The van der Waals surface area contributed by atoms with Gasteiger partial charge in [-0.05, 0) is 47.3 Å². The highest BCUT2D eigenvalue weighted by molar-refractivity contribution is 7.99. The summed E-state index contributed by atoms with van der Waals surface area (Å²) in [7, 11) is 0. The first-order valence-corrected chi connectivity index (χ1v) is 10.6. The van der Waals surface area contributed by atoms with Crippen LogP contribution >= 0.6 is 23.1 Å². The van der Waals surface area contributed by atoms with Gasteiger partial charge in [0.15, 0.2) is 0 Å². The molecule has 0 fully saturated rings. The fourth-order valence-electron chi connectivity index (χ4n) is 2.75. The smallest absolute Gasteiger partial charge is 0.234 e. The fraction of sp³-hybridized carbons (Fsp3) is 0.0952. The van der Waals surface area contributed by atoms with Crippen molar-refractivity contribution in [3.63, 3.8) is 0 Å². The quantitative estimate of drug-likeness (QED) is 0.472. The lowest BCUT2D eigenvalue weighted by Gasteiger charge is -2.05. The van der Waals surface area contributed by atoms with Crippen molar-refractivity contribution in [1.29, 1.82) is 5.26 Å². The van der Waals surface area contributed by atoms with E-state index in [0.29, 0.717) is 11.3 Å². The molecule has 2 aromatic carbocycles. The molecule has 2 aromatic heterocycles. The van der Waals surface area contributed by atoms with Crippen molar-refractivity contribution < 1.29 is 4.79 Å². The highest BCUT2D eigenvalue weighted by atomic mass is 32.2. The number of thiophene rings is 1. The van der Waals surface area contributed by atoms with E-state index in [-0.39, 0.29) is 5.91 Å². The molecule has 0 bridgehead atoms. The monoisotopic (exact) mass is 404 g/mol. The van der Waals surface area contributed by atoms with Gasteiger partial charge in [0.25, 0.3) is 0 Å². The van der Waals surface area contributed by atoms with Gasteiger partial charge >= 0.3 is 0 Å². The molecule has 28 heavy (non-hydrogen) atoms. The number of carbonyl (C=O) groups excluding carboxylic acids is 1. The van der Waals surface area contributed by atoms with E-state index in [1.807, 2.05) is 47.8 Å². The minimum absolute atomic E-state index is 0.0454. The second-order valence-electron chi connectivity index (χ2n) is 6.14. The van der Waals surface area contributed by atoms with E-state index in [9.17, 15) is 4.79 Å². The topological polar surface area (TPSA) is 81.6 Å². The van der Waals surface area contributed by atoms with Crippen molar-refractivity contribution in [2.75, 3.05) is 11.1 Å². The Balaban J connectivity index is 1.34. The van der Waals surface area contributed by atoms with Crippen LogP contribution in [-0.2, 0) is 10.5 Å². The van der Waals surface area contributed by atoms with Crippen LogP contribution in [-0.4, -0.2) is 21.6 Å². The van der Waals surface area contributed by atoms with Crippen LogP contribution in [0.15, 0.2) is 60.0 Å². The minimum atomic E-state index is -0.0454. The molecule has 7 heteroatoms. The number of benzene rings is 2. The van der Waals surface area contributed by atoms with Crippen molar-refractivity contribution in [2.45, 2.75) is 5.75 Å². The molecule has 0 aliphatic rings. The number of amides is 1. The molecule has 0 unspecified atom stereocenters. The molecule has 2 heterocycles. The molecule has 0 radical (unpaired) electrons. The van der Waals surface area contributed by atoms with Crippen molar-refractivity contribution in [2.24, 2.45) is 0 Å². The van der Waals surface area contributed by atoms with Gasteiger partial charge < -0.3 is 10.3 Å². The number of imidazole rings is 1. The number of nitriles is 1. The predicted molar refractivity (Wildman–Crippen MR) is 115 cm³/mol. The van der Waals surface area contributed by atoms with Crippen LogP contribution in [0.2, 0.25) is 0 Å². The van der Waals surface area contributed by atoms with E-state index in [2.05, 4.69) is 21.4 Å². The highest BCUT2D eigenvalue weighted by Gasteiger charge is 2.08. The number of anilines is 1. The third-order valence-electron chi connectivity index (χ3n) is 4.11. The van der Waals surface area contributed by atoms with E-state index in [4.69, 9.17) is 5.26 Å². The molecule has 1 amide bonds. The number of aromatic nitrogens is 2. The lowest BCUT2D eigenvalue weighted by Crippen LogP contribution is -2.14. The molecule has 0 aliphatic heterocycles. The van der Waals surface area contributed by atoms with Gasteiger partial charge in [-0.1, -0.05) is 18.2 Å². The number of carbonyl (C=O) groups is 1. The second-order valence-corrected chi connectivity index (χ2v) is 8.08. The number of fused-ring (bicyclic) bond motifs is 1. The third kappa shape index (κ3) is 4.25. The molecule has 138 valence electrons. The Labute approximate surface area is 170 Å². The summed E-state index contributed by atoms with van der Waals surface area (Å²) in [6.07, 6.45) is 0. The maximum Gasteiger partial charge on any atom is 0.234 e. The number of nitrogens with zero attached hydrogens (tertiary/aromatic N) is 2. The number of nitrogens with one attached hydrogen (secondary N) is 2. The number of thioether (sulfide) groups is 1. The van der Waals surface area contributed by atoms with Crippen LogP contribution in [0, 0.1) is 11.3 Å². The maximum atomic E-state index is 12.2. The standard InChI is InChI=1S/C21H16N4OS2/c22-11-14-3-5-15(6-4-14)12-27-13-20(26)23-16-7-8-17-18(10-16)25-21(24-17)19-2-1-9-28-19/h1-10H,12-13H2,(H,23,26)(H,24,25). The van der Waals surface area contributed by atoms with Gasteiger partial charge in [-0.15, -0.1) is 23.1 Å². The molecule has 0 atom stereocenters. The van der Waals surface area contributed by atoms with Crippen LogP contribution < -0.4 is 5.32 Å². The first-order valence-electron chi connectivity index (χ1n) is 8.61. The van der Waals surface area contributed by atoms with Gasteiger partial charge in [-0.2, -0.15) is 5.26 Å².